The lowest BCUT2D eigenvalue weighted by molar-refractivity contribution is 0.0610. The average Bonchev–Trinajstić information content (AvgIpc) is 3.42. The predicted octanol–water partition coefficient (Wildman–Crippen LogP) is 6.72. The molecule has 50 heavy (non-hydrogen) atoms. The lowest BCUT2D eigenvalue weighted by atomic mass is 10.00. The maximum absolute atomic E-state index is 14.4. The van der Waals surface area contributed by atoms with Crippen LogP contribution in [0, 0.1) is 5.92 Å². The first-order valence-corrected chi connectivity index (χ1v) is 17.9. The Morgan fingerprint density at radius 3 is 2.52 bits per heavy atom. The molecule has 3 aromatic carbocycles. The Morgan fingerprint density at radius 2 is 1.78 bits per heavy atom. The highest BCUT2D eigenvalue weighted by molar-refractivity contribution is 9.10. The zero-order valence-corrected chi connectivity index (χ0v) is 30.2. The molecule has 7 rings (SSSR count). The highest BCUT2D eigenvalue weighted by Crippen LogP contribution is 2.29. The van der Waals surface area contributed by atoms with Gasteiger partial charge in [0.2, 0.25) is 0 Å². The first-order chi connectivity index (χ1) is 24.2. The van der Waals surface area contributed by atoms with E-state index in [1.807, 2.05) is 61.5 Å². The number of hydrogen-bond donors (Lipinski definition) is 1. The van der Waals surface area contributed by atoms with Crippen LogP contribution in [0.2, 0.25) is 5.02 Å². The summed E-state index contributed by atoms with van der Waals surface area (Å²) in [5.74, 6) is -0.0420. The molecule has 2 aliphatic heterocycles. The van der Waals surface area contributed by atoms with E-state index in [2.05, 4.69) is 43.0 Å². The maximum atomic E-state index is 14.4. The average molecular weight is 755 g/mol. The topological polar surface area (TPSA) is 105 Å². The summed E-state index contributed by atoms with van der Waals surface area (Å²) in [6.45, 7) is 6.64. The molecule has 0 spiro atoms. The number of anilines is 1. The molecule has 2 aromatic heterocycles. The fourth-order valence-electron chi connectivity index (χ4n) is 7.03. The molecule has 0 radical (unpaired) electrons. The Hall–Kier alpha value is -4.74. The standard InChI is InChI=1S/C38H37BrClN7O3/c1-24-6-5-17-44(20-24)28-10-12-29(13-11-28)47-35(36(48)42-19-27-7-3-4-8-30(27)33-15-16-41-23-43-33)34-22-45(25(2)21-46(34)38(47)50)37(49)26-9-14-31(39)32(40)18-26/h3-4,7-16,18,23-25H,5-6,17,19-22H2,1-2H3,(H,42,48)/t24-,25?/m0/s1. The van der Waals surface area contributed by atoms with E-state index in [-0.39, 0.29) is 43.0 Å². The van der Waals surface area contributed by atoms with Crippen molar-refractivity contribution in [1.82, 2.24) is 29.3 Å². The Labute approximate surface area is 303 Å². The van der Waals surface area contributed by atoms with Crippen LogP contribution in [0.1, 0.15) is 58.8 Å². The second-order valence-corrected chi connectivity index (χ2v) is 14.3. The minimum Gasteiger partial charge on any atom is -0.371 e. The van der Waals surface area contributed by atoms with Crippen molar-refractivity contribution in [3.05, 3.63) is 128 Å². The molecule has 1 unspecified atom stereocenters. The SMILES string of the molecule is CC1Cn2c(c(C(=O)NCc3ccccc3-c3ccncn3)n(-c3ccc(N4CCC[C@H](C)C4)cc3)c2=O)CN1C(=O)c1ccc(Br)c(Cl)c1. The minimum absolute atomic E-state index is 0.0694. The van der Waals surface area contributed by atoms with Crippen LogP contribution in [0.4, 0.5) is 5.69 Å². The van der Waals surface area contributed by atoms with Gasteiger partial charge >= 0.3 is 5.69 Å². The monoisotopic (exact) mass is 753 g/mol. The third-order valence-electron chi connectivity index (χ3n) is 9.63. The summed E-state index contributed by atoms with van der Waals surface area (Å²) in [6.07, 6.45) is 5.52. The molecule has 1 saturated heterocycles. The number of hydrogen-bond acceptors (Lipinski definition) is 6. The van der Waals surface area contributed by atoms with Crippen LogP contribution in [0.3, 0.4) is 0 Å². The molecule has 1 N–H and O–H groups in total. The summed E-state index contributed by atoms with van der Waals surface area (Å²) in [7, 11) is 0. The third-order valence-corrected chi connectivity index (χ3v) is 10.9. The number of rotatable bonds is 7. The van der Waals surface area contributed by atoms with Crippen molar-refractivity contribution >= 4 is 45.0 Å². The highest BCUT2D eigenvalue weighted by atomic mass is 79.9. The first kappa shape index (κ1) is 33.7. The summed E-state index contributed by atoms with van der Waals surface area (Å²) >= 11 is 9.74. The zero-order valence-electron chi connectivity index (χ0n) is 27.9. The predicted molar refractivity (Wildman–Crippen MR) is 198 cm³/mol. The lowest BCUT2D eigenvalue weighted by Gasteiger charge is -2.34. The summed E-state index contributed by atoms with van der Waals surface area (Å²) in [4.78, 5) is 55.0. The van der Waals surface area contributed by atoms with E-state index < -0.39 is 5.91 Å². The van der Waals surface area contributed by atoms with E-state index in [4.69, 9.17) is 11.6 Å². The molecule has 12 heteroatoms. The number of benzene rings is 3. The molecular weight excluding hydrogens is 718 g/mol. The number of nitrogens with zero attached hydrogens (tertiary/aromatic N) is 6. The van der Waals surface area contributed by atoms with Gasteiger partial charge in [-0.1, -0.05) is 42.8 Å². The van der Waals surface area contributed by atoms with Crippen LogP contribution < -0.4 is 15.9 Å². The van der Waals surface area contributed by atoms with Gasteiger partial charge < -0.3 is 15.1 Å². The van der Waals surface area contributed by atoms with Gasteiger partial charge in [-0.15, -0.1) is 0 Å². The van der Waals surface area contributed by atoms with Gasteiger partial charge in [0, 0.05) is 59.7 Å². The smallest absolute Gasteiger partial charge is 0.333 e. The molecule has 256 valence electrons. The number of amides is 2. The van der Waals surface area contributed by atoms with Gasteiger partial charge in [0.05, 0.1) is 28.6 Å². The fourth-order valence-corrected chi connectivity index (χ4v) is 7.45. The molecule has 0 saturated carbocycles. The van der Waals surface area contributed by atoms with Crippen LogP contribution in [-0.2, 0) is 19.6 Å². The molecule has 2 aliphatic rings. The van der Waals surface area contributed by atoms with Crippen molar-refractivity contribution < 1.29 is 9.59 Å². The van der Waals surface area contributed by atoms with Gasteiger partial charge in [0.1, 0.15) is 12.0 Å². The number of halogens is 2. The van der Waals surface area contributed by atoms with E-state index in [1.54, 1.807) is 33.9 Å². The normalized spacial score (nSPS) is 17.4. The van der Waals surface area contributed by atoms with Crippen LogP contribution in [0.5, 0.6) is 0 Å². The molecule has 2 atom stereocenters. The molecule has 5 aromatic rings. The number of piperidine rings is 1. The number of fused-ring (bicyclic) bond motifs is 1. The van der Waals surface area contributed by atoms with E-state index in [0.717, 1.165) is 42.0 Å². The van der Waals surface area contributed by atoms with Gasteiger partial charge in [0.15, 0.2) is 0 Å². The van der Waals surface area contributed by atoms with Gasteiger partial charge in [-0.3, -0.25) is 18.7 Å². The number of aromatic nitrogens is 4. The Bertz CT molecular complexity index is 2120. The number of nitrogens with one attached hydrogen (secondary N) is 1. The van der Waals surface area contributed by atoms with E-state index >= 15 is 0 Å². The van der Waals surface area contributed by atoms with E-state index in [0.29, 0.717) is 32.4 Å². The lowest BCUT2D eigenvalue weighted by Crippen LogP contribution is -2.47. The highest BCUT2D eigenvalue weighted by Gasteiger charge is 2.35. The van der Waals surface area contributed by atoms with Gasteiger partial charge in [-0.05, 0) is 95.7 Å². The van der Waals surface area contributed by atoms with Gasteiger partial charge in [0.25, 0.3) is 11.8 Å². The molecule has 1 fully saturated rings. The van der Waals surface area contributed by atoms with Crippen molar-refractivity contribution in [3.63, 3.8) is 0 Å². The second-order valence-electron chi connectivity index (χ2n) is 13.1. The largest absolute Gasteiger partial charge is 0.371 e. The van der Waals surface area contributed by atoms with Crippen molar-refractivity contribution in [1.29, 1.82) is 0 Å². The molecule has 10 nitrogen and oxygen atoms in total. The molecule has 0 bridgehead atoms. The van der Waals surface area contributed by atoms with E-state index in [1.165, 1.54) is 17.3 Å². The molecular formula is C38H37BrClN7O3. The Kier molecular flexibility index (Phi) is 9.61. The van der Waals surface area contributed by atoms with Crippen molar-refractivity contribution in [2.75, 3.05) is 18.0 Å². The van der Waals surface area contributed by atoms with Crippen LogP contribution >= 0.6 is 27.5 Å². The second kappa shape index (κ2) is 14.2. The van der Waals surface area contributed by atoms with Gasteiger partial charge in [-0.2, -0.15) is 0 Å². The van der Waals surface area contributed by atoms with Crippen molar-refractivity contribution in [2.24, 2.45) is 5.92 Å². The third kappa shape index (κ3) is 6.59. The zero-order chi connectivity index (χ0) is 34.9. The Morgan fingerprint density at radius 1 is 1.00 bits per heavy atom. The van der Waals surface area contributed by atoms with E-state index in [9.17, 15) is 14.4 Å². The van der Waals surface area contributed by atoms with Crippen LogP contribution in [-0.4, -0.2) is 54.9 Å². The van der Waals surface area contributed by atoms with Crippen LogP contribution in [0.15, 0.2) is 94.6 Å². The summed E-state index contributed by atoms with van der Waals surface area (Å²) in [6, 6.07) is 22.1. The summed E-state index contributed by atoms with van der Waals surface area (Å²) < 4.78 is 3.81. The number of carbonyl (C=O) groups excluding carboxylic acids is 2. The van der Waals surface area contributed by atoms with Crippen molar-refractivity contribution in [2.45, 2.75) is 52.4 Å². The fraction of sp³-hybridized carbons (Fsp3) is 0.289. The molecule has 2 amide bonds. The van der Waals surface area contributed by atoms with Crippen molar-refractivity contribution in [3.8, 4) is 16.9 Å². The minimum atomic E-state index is -0.420. The summed E-state index contributed by atoms with van der Waals surface area (Å²) in [5, 5.41) is 3.50. The summed E-state index contributed by atoms with van der Waals surface area (Å²) in [5.41, 5.74) is 4.92. The quantitative estimate of drug-likeness (QED) is 0.198. The maximum Gasteiger partial charge on any atom is 0.333 e. The Balaban J connectivity index is 1.26. The van der Waals surface area contributed by atoms with Gasteiger partial charge in [-0.25, -0.2) is 14.8 Å². The first-order valence-electron chi connectivity index (χ1n) is 16.8. The van der Waals surface area contributed by atoms with Crippen LogP contribution in [0.25, 0.3) is 16.9 Å². The molecule has 4 heterocycles. The number of imidazole rings is 1. The molecule has 0 aliphatic carbocycles. The number of carbonyl (C=O) groups is 2.